The van der Waals surface area contributed by atoms with Crippen LogP contribution in [0, 0.1) is 0 Å². The van der Waals surface area contributed by atoms with E-state index in [0.29, 0.717) is 27.8 Å². The number of para-hydroxylation sites is 1. The van der Waals surface area contributed by atoms with Crippen molar-refractivity contribution in [1.82, 2.24) is 4.90 Å². The van der Waals surface area contributed by atoms with Crippen molar-refractivity contribution >= 4 is 57.8 Å². The van der Waals surface area contributed by atoms with Crippen molar-refractivity contribution in [2.45, 2.75) is 25.7 Å². The summed E-state index contributed by atoms with van der Waals surface area (Å²) in [6, 6.07) is 16.2. The maximum Gasteiger partial charge on any atom is 0.337 e. The minimum atomic E-state index is -0.402. The van der Waals surface area contributed by atoms with Crippen molar-refractivity contribution in [1.29, 1.82) is 0 Å². The first-order valence-electron chi connectivity index (χ1n) is 10.3. The Morgan fingerprint density at radius 1 is 1.06 bits per heavy atom. The Balaban J connectivity index is 1.44. The number of methoxy groups -OCH3 is 1. The summed E-state index contributed by atoms with van der Waals surface area (Å²) in [6.45, 7) is 0.531. The zero-order valence-electron chi connectivity index (χ0n) is 17.7. The summed E-state index contributed by atoms with van der Waals surface area (Å²) in [5.41, 5.74) is 2.05. The third kappa shape index (κ3) is 6.51. The van der Waals surface area contributed by atoms with Crippen molar-refractivity contribution in [2.75, 3.05) is 19.0 Å². The molecule has 1 aliphatic rings. The van der Waals surface area contributed by atoms with Gasteiger partial charge >= 0.3 is 5.97 Å². The van der Waals surface area contributed by atoms with Gasteiger partial charge in [0.05, 0.1) is 17.6 Å². The smallest absolute Gasteiger partial charge is 0.337 e. The van der Waals surface area contributed by atoms with Crippen LogP contribution in [0.25, 0.3) is 6.08 Å². The maximum absolute atomic E-state index is 12.7. The summed E-state index contributed by atoms with van der Waals surface area (Å²) < 4.78 is 5.23. The molecular formula is C24H24N2O4S2. The van der Waals surface area contributed by atoms with Gasteiger partial charge in [0.2, 0.25) is 5.91 Å². The molecule has 0 aliphatic carbocycles. The summed E-state index contributed by atoms with van der Waals surface area (Å²) in [5, 5.41) is 2.87. The molecule has 1 fully saturated rings. The van der Waals surface area contributed by atoms with Gasteiger partial charge in [0.1, 0.15) is 4.32 Å². The van der Waals surface area contributed by atoms with Gasteiger partial charge < -0.3 is 10.1 Å². The summed E-state index contributed by atoms with van der Waals surface area (Å²) in [7, 11) is 1.33. The number of thioether (sulfide) groups is 1. The monoisotopic (exact) mass is 468 g/mol. The minimum absolute atomic E-state index is 0.0111. The van der Waals surface area contributed by atoms with Crippen molar-refractivity contribution in [3.63, 3.8) is 0 Å². The molecule has 2 amide bonds. The van der Waals surface area contributed by atoms with Crippen LogP contribution in [0.1, 0.15) is 41.6 Å². The van der Waals surface area contributed by atoms with E-state index in [0.717, 1.165) is 30.5 Å². The zero-order chi connectivity index (χ0) is 22.9. The van der Waals surface area contributed by atoms with E-state index in [9.17, 15) is 14.4 Å². The summed E-state index contributed by atoms with van der Waals surface area (Å²) in [6.07, 6.45) is 4.55. The number of hydrogen-bond donors (Lipinski definition) is 1. The van der Waals surface area contributed by atoms with Crippen LogP contribution in [0.4, 0.5) is 5.69 Å². The molecule has 0 spiro atoms. The highest BCUT2D eigenvalue weighted by molar-refractivity contribution is 8.26. The lowest BCUT2D eigenvalue weighted by Crippen LogP contribution is -2.29. The number of esters is 1. The highest BCUT2D eigenvalue weighted by atomic mass is 32.2. The van der Waals surface area contributed by atoms with Crippen LogP contribution in [0.2, 0.25) is 0 Å². The molecule has 0 atom stereocenters. The van der Waals surface area contributed by atoms with E-state index in [1.54, 1.807) is 35.2 Å². The molecular weight excluding hydrogens is 444 g/mol. The number of ether oxygens (including phenoxy) is 1. The number of rotatable bonds is 9. The number of unbranched alkanes of at least 4 members (excludes halogenated alkanes) is 2. The lowest BCUT2D eigenvalue weighted by Gasteiger charge is -2.14. The molecule has 1 heterocycles. The third-order valence-corrected chi connectivity index (χ3v) is 6.22. The lowest BCUT2D eigenvalue weighted by atomic mass is 10.1. The van der Waals surface area contributed by atoms with Gasteiger partial charge in [0.15, 0.2) is 0 Å². The van der Waals surface area contributed by atoms with Crippen LogP contribution in [0.15, 0.2) is 59.5 Å². The number of nitrogens with one attached hydrogen (secondary N) is 1. The molecule has 0 saturated carbocycles. The fourth-order valence-electron chi connectivity index (χ4n) is 3.15. The molecule has 0 unspecified atom stereocenters. The Labute approximate surface area is 197 Å². The van der Waals surface area contributed by atoms with Crippen molar-refractivity contribution in [2.24, 2.45) is 0 Å². The first-order valence-corrected chi connectivity index (χ1v) is 11.5. The number of carbonyl (C=O) groups is 3. The third-order valence-electron chi connectivity index (χ3n) is 4.85. The number of thiocarbonyl (C=S) groups is 1. The molecule has 32 heavy (non-hydrogen) atoms. The fraction of sp³-hybridized carbons (Fsp3) is 0.250. The van der Waals surface area contributed by atoms with E-state index in [-0.39, 0.29) is 11.8 Å². The molecule has 166 valence electrons. The maximum atomic E-state index is 12.7. The Kier molecular flexibility index (Phi) is 8.58. The van der Waals surface area contributed by atoms with Crippen LogP contribution in [0.5, 0.6) is 0 Å². The number of hydrogen-bond acceptors (Lipinski definition) is 6. The number of benzene rings is 2. The molecule has 0 bridgehead atoms. The molecule has 1 N–H and O–H groups in total. The predicted octanol–water partition coefficient (Wildman–Crippen LogP) is 4.87. The molecule has 8 heteroatoms. The Morgan fingerprint density at radius 2 is 1.78 bits per heavy atom. The quantitative estimate of drug-likeness (QED) is 0.245. The average Bonchev–Trinajstić information content (AvgIpc) is 3.06. The van der Waals surface area contributed by atoms with Crippen LogP contribution in [-0.4, -0.2) is 40.7 Å². The highest BCUT2D eigenvalue weighted by Gasteiger charge is 2.31. The standard InChI is InChI=1S/C24H24N2O4S2/c1-30-23(29)18-13-11-17(12-14-18)16-20-22(28)26(24(31)32-20)15-7-3-6-10-21(27)25-19-8-4-2-5-9-19/h2,4-5,8-9,11-14,16H,3,6-7,10,15H2,1H3,(H,25,27)/b20-16-. The van der Waals surface area contributed by atoms with Crippen molar-refractivity contribution in [3.8, 4) is 0 Å². The Bertz CT molecular complexity index is 1020. The number of carbonyl (C=O) groups excluding carboxylic acids is 3. The van der Waals surface area contributed by atoms with E-state index in [1.165, 1.54) is 18.9 Å². The predicted molar refractivity (Wildman–Crippen MR) is 131 cm³/mol. The topological polar surface area (TPSA) is 75.7 Å². The molecule has 2 aromatic rings. The molecule has 1 saturated heterocycles. The van der Waals surface area contributed by atoms with E-state index in [1.807, 2.05) is 30.3 Å². The average molecular weight is 469 g/mol. The van der Waals surface area contributed by atoms with Crippen LogP contribution >= 0.6 is 24.0 Å². The molecule has 1 aliphatic heterocycles. The van der Waals surface area contributed by atoms with Gasteiger partial charge in [-0.05, 0) is 48.7 Å². The van der Waals surface area contributed by atoms with Gasteiger partial charge in [0, 0.05) is 18.7 Å². The number of nitrogens with zero attached hydrogens (tertiary/aromatic N) is 1. The van der Waals surface area contributed by atoms with Gasteiger partial charge in [0.25, 0.3) is 5.91 Å². The zero-order valence-corrected chi connectivity index (χ0v) is 19.3. The normalized spacial score (nSPS) is 14.7. The number of anilines is 1. The second-order valence-electron chi connectivity index (χ2n) is 7.17. The van der Waals surface area contributed by atoms with E-state index in [4.69, 9.17) is 17.0 Å². The molecule has 3 rings (SSSR count). The molecule has 6 nitrogen and oxygen atoms in total. The van der Waals surface area contributed by atoms with E-state index < -0.39 is 5.97 Å². The van der Waals surface area contributed by atoms with Crippen molar-refractivity contribution in [3.05, 3.63) is 70.6 Å². The SMILES string of the molecule is COC(=O)c1ccc(/C=C2\SC(=S)N(CCCCCC(=O)Nc3ccccc3)C2=O)cc1. The van der Waals surface area contributed by atoms with Gasteiger partial charge in [-0.1, -0.05) is 60.7 Å². The first kappa shape index (κ1) is 23.7. The summed E-state index contributed by atoms with van der Waals surface area (Å²) in [5.74, 6) is -0.526. The van der Waals surface area contributed by atoms with E-state index in [2.05, 4.69) is 5.32 Å². The van der Waals surface area contributed by atoms with E-state index >= 15 is 0 Å². The Hall–Kier alpha value is -2.97. The first-order chi connectivity index (χ1) is 15.5. The Morgan fingerprint density at radius 3 is 2.47 bits per heavy atom. The van der Waals surface area contributed by atoms with Gasteiger partial charge in [-0.3, -0.25) is 14.5 Å². The molecule has 2 aromatic carbocycles. The second kappa shape index (κ2) is 11.6. The summed E-state index contributed by atoms with van der Waals surface area (Å²) >= 11 is 6.65. The van der Waals surface area contributed by atoms with Crippen LogP contribution < -0.4 is 5.32 Å². The van der Waals surface area contributed by atoms with Crippen LogP contribution in [0.3, 0.4) is 0 Å². The number of amides is 2. The highest BCUT2D eigenvalue weighted by Crippen LogP contribution is 2.32. The van der Waals surface area contributed by atoms with Gasteiger partial charge in [-0.25, -0.2) is 4.79 Å². The van der Waals surface area contributed by atoms with Gasteiger partial charge in [-0.2, -0.15) is 0 Å². The summed E-state index contributed by atoms with van der Waals surface area (Å²) in [4.78, 5) is 38.4. The van der Waals surface area contributed by atoms with Gasteiger partial charge in [-0.15, -0.1) is 0 Å². The largest absolute Gasteiger partial charge is 0.465 e. The molecule has 0 aromatic heterocycles. The molecule has 0 radical (unpaired) electrons. The lowest BCUT2D eigenvalue weighted by molar-refractivity contribution is -0.122. The fourth-order valence-corrected chi connectivity index (χ4v) is 4.46. The van der Waals surface area contributed by atoms with Crippen molar-refractivity contribution < 1.29 is 19.1 Å². The minimum Gasteiger partial charge on any atom is -0.465 e. The second-order valence-corrected chi connectivity index (χ2v) is 8.85. The van der Waals surface area contributed by atoms with Crippen LogP contribution in [-0.2, 0) is 14.3 Å².